The Kier molecular flexibility index (Phi) is 2.58. The lowest BCUT2D eigenvalue weighted by atomic mass is 9.92. The first kappa shape index (κ1) is 11.6. The van der Waals surface area contributed by atoms with E-state index in [1.54, 1.807) is 0 Å². The van der Waals surface area contributed by atoms with Crippen molar-refractivity contribution in [3.8, 4) is 0 Å². The van der Waals surface area contributed by atoms with Crippen molar-refractivity contribution in [1.29, 1.82) is 0 Å². The van der Waals surface area contributed by atoms with E-state index in [4.69, 9.17) is 0 Å². The van der Waals surface area contributed by atoms with Crippen molar-refractivity contribution in [3.05, 3.63) is 23.8 Å². The van der Waals surface area contributed by atoms with Crippen molar-refractivity contribution < 1.29 is 4.79 Å². The molecule has 0 radical (unpaired) electrons. The third-order valence-electron chi connectivity index (χ3n) is 4.22. The molecular formula is C15H20N2O. The van der Waals surface area contributed by atoms with Crippen LogP contribution < -0.4 is 10.6 Å². The summed E-state index contributed by atoms with van der Waals surface area (Å²) in [7, 11) is 0. The highest BCUT2D eigenvalue weighted by Crippen LogP contribution is 2.40. The minimum atomic E-state index is -0.345. The van der Waals surface area contributed by atoms with Gasteiger partial charge in [-0.3, -0.25) is 4.79 Å². The van der Waals surface area contributed by atoms with E-state index in [0.29, 0.717) is 5.92 Å². The summed E-state index contributed by atoms with van der Waals surface area (Å²) in [6.07, 6.45) is 4.17. The normalized spacial score (nSPS) is 20.7. The second-order valence-corrected chi connectivity index (χ2v) is 5.83. The maximum absolute atomic E-state index is 12.2. The van der Waals surface area contributed by atoms with Crippen LogP contribution in [0, 0.1) is 0 Å². The molecule has 1 aliphatic carbocycles. The van der Waals surface area contributed by atoms with E-state index in [1.165, 1.54) is 5.56 Å². The van der Waals surface area contributed by atoms with Crippen LogP contribution in [0.5, 0.6) is 0 Å². The number of rotatable bonds is 1. The standard InChI is InChI=1S/C15H20N2O/c1-10(2)11-5-6-12-13(9-11)17-15(14(18)16-12)7-3-4-8-15/h5-6,9-10,17H,3-4,7-8H2,1-2H3,(H,16,18). The zero-order valence-corrected chi connectivity index (χ0v) is 11.0. The van der Waals surface area contributed by atoms with Crippen LogP contribution in [0.4, 0.5) is 11.4 Å². The number of anilines is 2. The molecular weight excluding hydrogens is 224 g/mol. The molecule has 0 saturated heterocycles. The van der Waals surface area contributed by atoms with Gasteiger partial charge >= 0.3 is 0 Å². The van der Waals surface area contributed by atoms with Gasteiger partial charge in [0.2, 0.25) is 5.91 Å². The maximum atomic E-state index is 12.2. The van der Waals surface area contributed by atoms with Crippen LogP contribution in [0.3, 0.4) is 0 Å². The molecule has 96 valence electrons. The predicted octanol–water partition coefficient (Wildman–Crippen LogP) is 3.49. The molecule has 3 nitrogen and oxygen atoms in total. The zero-order chi connectivity index (χ0) is 12.8. The van der Waals surface area contributed by atoms with Crippen LogP contribution in [-0.4, -0.2) is 11.4 Å². The topological polar surface area (TPSA) is 41.1 Å². The van der Waals surface area contributed by atoms with Gasteiger partial charge in [-0.2, -0.15) is 0 Å². The molecule has 1 aromatic carbocycles. The Labute approximate surface area is 108 Å². The smallest absolute Gasteiger partial charge is 0.250 e. The molecule has 3 heteroatoms. The van der Waals surface area contributed by atoms with Crippen molar-refractivity contribution in [2.24, 2.45) is 0 Å². The first-order valence-corrected chi connectivity index (χ1v) is 6.84. The van der Waals surface area contributed by atoms with Crippen LogP contribution in [-0.2, 0) is 4.79 Å². The number of carbonyl (C=O) groups excluding carboxylic acids is 1. The molecule has 0 bridgehead atoms. The summed E-state index contributed by atoms with van der Waals surface area (Å²) in [5.74, 6) is 0.652. The van der Waals surface area contributed by atoms with Gasteiger partial charge in [0.05, 0.1) is 11.4 Å². The molecule has 2 aliphatic rings. The molecule has 1 aromatic rings. The van der Waals surface area contributed by atoms with Crippen molar-refractivity contribution in [3.63, 3.8) is 0 Å². The summed E-state index contributed by atoms with van der Waals surface area (Å²) in [4.78, 5) is 12.2. The number of benzene rings is 1. The molecule has 2 N–H and O–H groups in total. The average Bonchev–Trinajstić information content (AvgIpc) is 2.79. The van der Waals surface area contributed by atoms with E-state index in [2.05, 4.69) is 36.6 Å². The van der Waals surface area contributed by atoms with Gasteiger partial charge in [0.1, 0.15) is 5.54 Å². The third-order valence-corrected chi connectivity index (χ3v) is 4.22. The largest absolute Gasteiger partial charge is 0.370 e. The lowest BCUT2D eigenvalue weighted by Crippen LogP contribution is -2.50. The zero-order valence-electron chi connectivity index (χ0n) is 11.0. The van der Waals surface area contributed by atoms with Crippen molar-refractivity contribution >= 4 is 17.3 Å². The first-order valence-electron chi connectivity index (χ1n) is 6.84. The van der Waals surface area contributed by atoms with E-state index in [-0.39, 0.29) is 11.4 Å². The summed E-state index contributed by atoms with van der Waals surface area (Å²) >= 11 is 0. The number of amides is 1. The van der Waals surface area contributed by atoms with Crippen molar-refractivity contribution in [2.45, 2.75) is 51.0 Å². The van der Waals surface area contributed by atoms with Crippen LogP contribution >= 0.6 is 0 Å². The first-order chi connectivity index (χ1) is 8.61. The lowest BCUT2D eigenvalue weighted by molar-refractivity contribution is -0.120. The van der Waals surface area contributed by atoms with E-state index in [9.17, 15) is 4.79 Å². The molecule has 1 spiro atoms. The summed E-state index contributed by atoms with van der Waals surface area (Å²) in [5, 5.41) is 6.56. The monoisotopic (exact) mass is 244 g/mol. The fraction of sp³-hybridized carbons (Fsp3) is 0.533. The summed E-state index contributed by atoms with van der Waals surface area (Å²) < 4.78 is 0. The number of fused-ring (bicyclic) bond motifs is 1. The van der Waals surface area contributed by atoms with Gasteiger partial charge in [0.25, 0.3) is 0 Å². The minimum Gasteiger partial charge on any atom is -0.370 e. The molecule has 3 rings (SSSR count). The number of carbonyl (C=O) groups is 1. The Hall–Kier alpha value is -1.51. The highest BCUT2D eigenvalue weighted by molar-refractivity contribution is 6.06. The molecule has 0 aromatic heterocycles. The Morgan fingerprint density at radius 2 is 1.89 bits per heavy atom. The Morgan fingerprint density at radius 1 is 1.17 bits per heavy atom. The number of hydrogen-bond donors (Lipinski definition) is 2. The van der Waals surface area contributed by atoms with Crippen molar-refractivity contribution in [2.75, 3.05) is 10.6 Å². The summed E-state index contributed by atoms with van der Waals surface area (Å²) in [5.41, 5.74) is 2.97. The number of nitrogens with one attached hydrogen (secondary N) is 2. The summed E-state index contributed by atoms with van der Waals surface area (Å²) in [6, 6.07) is 6.29. The van der Waals surface area contributed by atoms with Gasteiger partial charge < -0.3 is 10.6 Å². The highest BCUT2D eigenvalue weighted by atomic mass is 16.2. The van der Waals surface area contributed by atoms with E-state index in [0.717, 1.165) is 37.1 Å². The molecule has 1 amide bonds. The van der Waals surface area contributed by atoms with Crippen LogP contribution in [0.25, 0.3) is 0 Å². The molecule has 0 unspecified atom stereocenters. The van der Waals surface area contributed by atoms with E-state index >= 15 is 0 Å². The van der Waals surface area contributed by atoms with Crippen LogP contribution in [0.2, 0.25) is 0 Å². The minimum absolute atomic E-state index is 0.143. The Bertz CT molecular complexity index is 487. The molecule has 18 heavy (non-hydrogen) atoms. The molecule has 1 fully saturated rings. The SMILES string of the molecule is CC(C)c1ccc2c(c1)NC1(CCCC1)C(=O)N2. The lowest BCUT2D eigenvalue weighted by Gasteiger charge is -2.36. The highest BCUT2D eigenvalue weighted by Gasteiger charge is 2.44. The van der Waals surface area contributed by atoms with Crippen LogP contribution in [0.15, 0.2) is 18.2 Å². The molecule has 1 saturated carbocycles. The van der Waals surface area contributed by atoms with Gasteiger partial charge in [-0.05, 0) is 36.5 Å². The fourth-order valence-corrected chi connectivity index (χ4v) is 3.02. The number of hydrogen-bond acceptors (Lipinski definition) is 2. The second-order valence-electron chi connectivity index (χ2n) is 5.83. The average molecular weight is 244 g/mol. The van der Waals surface area contributed by atoms with Gasteiger partial charge in [-0.1, -0.05) is 32.8 Å². The third kappa shape index (κ3) is 1.69. The van der Waals surface area contributed by atoms with Gasteiger partial charge in [-0.25, -0.2) is 0 Å². The van der Waals surface area contributed by atoms with Crippen molar-refractivity contribution in [1.82, 2.24) is 0 Å². The fourth-order valence-electron chi connectivity index (χ4n) is 3.02. The van der Waals surface area contributed by atoms with E-state index in [1.807, 2.05) is 6.07 Å². The molecule has 1 heterocycles. The summed E-state index contributed by atoms with van der Waals surface area (Å²) in [6.45, 7) is 4.38. The van der Waals surface area contributed by atoms with Gasteiger partial charge in [0.15, 0.2) is 0 Å². The second kappa shape index (κ2) is 4.01. The quantitative estimate of drug-likeness (QED) is 0.794. The maximum Gasteiger partial charge on any atom is 0.250 e. The van der Waals surface area contributed by atoms with Crippen LogP contribution in [0.1, 0.15) is 51.0 Å². The van der Waals surface area contributed by atoms with Gasteiger partial charge in [-0.15, -0.1) is 0 Å². The Balaban J connectivity index is 1.98. The predicted molar refractivity (Wildman–Crippen MR) is 74.0 cm³/mol. The molecule has 0 atom stereocenters. The Morgan fingerprint density at radius 3 is 2.56 bits per heavy atom. The molecule has 1 aliphatic heterocycles. The van der Waals surface area contributed by atoms with Gasteiger partial charge in [0, 0.05) is 0 Å². The van der Waals surface area contributed by atoms with E-state index < -0.39 is 0 Å².